The van der Waals surface area contributed by atoms with Gasteiger partial charge in [0.05, 0.1) is 16.6 Å². The largest absolute Gasteiger partial charge is 0.460 e. The topological polar surface area (TPSA) is 38.3 Å². The molecule has 1 N–H and O–H groups in total. The lowest BCUT2D eigenvalue weighted by Gasteiger charge is -2.19. The summed E-state index contributed by atoms with van der Waals surface area (Å²) in [6.45, 7) is 5.53. The number of hydrogen-bond donors (Lipinski definition) is 1. The van der Waals surface area contributed by atoms with Crippen molar-refractivity contribution in [1.29, 1.82) is 0 Å². The van der Waals surface area contributed by atoms with Gasteiger partial charge in [-0.2, -0.15) is 0 Å². The number of nitrogens with one attached hydrogen (secondary N) is 1. The molecule has 0 fully saturated rings. The van der Waals surface area contributed by atoms with Crippen LogP contribution in [-0.2, 0) is 9.53 Å². The summed E-state index contributed by atoms with van der Waals surface area (Å²) < 4.78 is 31.7. The number of carbonyl (C=O) groups is 1. The molecule has 0 aromatic heterocycles. The van der Waals surface area contributed by atoms with Gasteiger partial charge >= 0.3 is 5.97 Å². The summed E-state index contributed by atoms with van der Waals surface area (Å²) in [7, 11) is 0. The molecule has 1 aromatic carbocycles. The summed E-state index contributed by atoms with van der Waals surface area (Å²) in [5.74, 6) is -1.75. The number of esters is 1. The zero-order valence-electron chi connectivity index (χ0n) is 11.0. The fraction of sp³-hybridized carbons (Fsp3) is 0.462. The van der Waals surface area contributed by atoms with Gasteiger partial charge in [0.1, 0.15) is 17.2 Å². The predicted octanol–water partition coefficient (Wildman–Crippen LogP) is 3.87. The molecule has 0 aliphatic carbocycles. The van der Waals surface area contributed by atoms with Crippen molar-refractivity contribution in [1.82, 2.24) is 0 Å². The van der Waals surface area contributed by atoms with E-state index in [-0.39, 0.29) is 29.1 Å². The van der Waals surface area contributed by atoms with Crippen molar-refractivity contribution in [3.05, 3.63) is 28.2 Å². The maximum absolute atomic E-state index is 13.4. The second-order valence-electron chi connectivity index (χ2n) is 5.01. The highest BCUT2D eigenvalue weighted by Gasteiger charge is 2.16. The van der Waals surface area contributed by atoms with Crippen molar-refractivity contribution in [2.45, 2.75) is 32.8 Å². The van der Waals surface area contributed by atoms with Crippen molar-refractivity contribution in [3.8, 4) is 0 Å². The van der Waals surface area contributed by atoms with Crippen LogP contribution >= 0.6 is 15.9 Å². The standard InChI is InChI=1S/C13H16BrF2NO2/c1-13(2,3)19-12(18)4-5-17-11-6-8(14)9(15)7-10(11)16/h6-7,17H,4-5H2,1-3H3. The summed E-state index contributed by atoms with van der Waals surface area (Å²) in [6, 6.07) is 2.07. The Morgan fingerprint density at radius 3 is 2.53 bits per heavy atom. The molecule has 0 aliphatic rings. The van der Waals surface area contributed by atoms with Crippen molar-refractivity contribution in [3.63, 3.8) is 0 Å². The minimum atomic E-state index is -0.704. The van der Waals surface area contributed by atoms with Crippen LogP contribution in [0.1, 0.15) is 27.2 Å². The monoisotopic (exact) mass is 335 g/mol. The Balaban J connectivity index is 2.50. The van der Waals surface area contributed by atoms with Crippen molar-refractivity contribution in [2.75, 3.05) is 11.9 Å². The summed E-state index contributed by atoms with van der Waals surface area (Å²) in [4.78, 5) is 11.4. The van der Waals surface area contributed by atoms with Crippen LogP contribution in [0, 0.1) is 11.6 Å². The van der Waals surface area contributed by atoms with Crippen molar-refractivity contribution >= 4 is 27.6 Å². The first-order valence-corrected chi connectivity index (χ1v) is 6.58. The Morgan fingerprint density at radius 1 is 1.32 bits per heavy atom. The van der Waals surface area contributed by atoms with Gasteiger partial charge in [-0.15, -0.1) is 0 Å². The molecule has 1 rings (SSSR count). The van der Waals surface area contributed by atoms with E-state index < -0.39 is 17.2 Å². The molecule has 0 unspecified atom stereocenters. The molecular weight excluding hydrogens is 320 g/mol. The number of anilines is 1. The summed E-state index contributed by atoms with van der Waals surface area (Å²) in [6.07, 6.45) is 0.103. The van der Waals surface area contributed by atoms with Crippen LogP contribution in [-0.4, -0.2) is 18.1 Å². The molecule has 19 heavy (non-hydrogen) atoms. The highest BCUT2D eigenvalue weighted by molar-refractivity contribution is 9.10. The first-order valence-electron chi connectivity index (χ1n) is 5.79. The van der Waals surface area contributed by atoms with Gasteiger partial charge in [0, 0.05) is 12.6 Å². The maximum Gasteiger partial charge on any atom is 0.308 e. The van der Waals surface area contributed by atoms with E-state index in [4.69, 9.17) is 4.74 Å². The van der Waals surface area contributed by atoms with E-state index >= 15 is 0 Å². The second kappa shape index (κ2) is 6.32. The smallest absolute Gasteiger partial charge is 0.308 e. The third kappa shape index (κ3) is 5.55. The highest BCUT2D eigenvalue weighted by Crippen LogP contribution is 2.23. The van der Waals surface area contributed by atoms with Crippen LogP contribution < -0.4 is 5.32 Å². The van der Waals surface area contributed by atoms with Gasteiger partial charge in [0.2, 0.25) is 0 Å². The van der Waals surface area contributed by atoms with Gasteiger partial charge in [-0.05, 0) is 42.8 Å². The third-order valence-electron chi connectivity index (χ3n) is 2.07. The quantitative estimate of drug-likeness (QED) is 0.670. The molecule has 0 saturated heterocycles. The van der Waals surface area contributed by atoms with E-state index in [9.17, 15) is 13.6 Å². The zero-order valence-corrected chi connectivity index (χ0v) is 12.6. The number of benzene rings is 1. The van der Waals surface area contributed by atoms with Gasteiger partial charge in [0.15, 0.2) is 0 Å². The average molecular weight is 336 g/mol. The minimum absolute atomic E-state index is 0.103. The van der Waals surface area contributed by atoms with Crippen LogP contribution in [0.3, 0.4) is 0 Å². The lowest BCUT2D eigenvalue weighted by molar-refractivity contribution is -0.154. The first kappa shape index (κ1) is 15.9. The molecule has 0 aliphatic heterocycles. The van der Waals surface area contributed by atoms with Crippen LogP contribution in [0.4, 0.5) is 14.5 Å². The third-order valence-corrected chi connectivity index (χ3v) is 2.68. The van der Waals surface area contributed by atoms with Crippen LogP contribution in [0.2, 0.25) is 0 Å². The van der Waals surface area contributed by atoms with Gasteiger partial charge in [-0.3, -0.25) is 4.79 Å². The molecule has 106 valence electrons. The number of rotatable bonds is 4. The summed E-state index contributed by atoms with van der Waals surface area (Å²) in [5.41, 5.74) is -0.404. The number of ether oxygens (including phenoxy) is 1. The Labute approximate surface area is 119 Å². The summed E-state index contributed by atoms with van der Waals surface area (Å²) >= 11 is 2.97. The van der Waals surface area contributed by atoms with E-state index in [0.717, 1.165) is 6.07 Å². The summed E-state index contributed by atoms with van der Waals surface area (Å²) in [5, 5.41) is 2.73. The van der Waals surface area contributed by atoms with Gasteiger partial charge in [-0.1, -0.05) is 0 Å². The van der Waals surface area contributed by atoms with Gasteiger partial charge < -0.3 is 10.1 Å². The Kier molecular flexibility index (Phi) is 5.29. The molecule has 0 radical (unpaired) electrons. The van der Waals surface area contributed by atoms with Crippen LogP contribution in [0.15, 0.2) is 16.6 Å². The second-order valence-corrected chi connectivity index (χ2v) is 5.86. The normalized spacial score (nSPS) is 11.3. The molecule has 3 nitrogen and oxygen atoms in total. The molecule has 0 amide bonds. The lowest BCUT2D eigenvalue weighted by Crippen LogP contribution is -2.25. The van der Waals surface area contributed by atoms with E-state index in [1.54, 1.807) is 20.8 Å². The van der Waals surface area contributed by atoms with E-state index in [2.05, 4.69) is 21.2 Å². The van der Waals surface area contributed by atoms with Gasteiger partial charge in [-0.25, -0.2) is 8.78 Å². The van der Waals surface area contributed by atoms with E-state index in [0.29, 0.717) is 0 Å². The van der Waals surface area contributed by atoms with Crippen LogP contribution in [0.5, 0.6) is 0 Å². The van der Waals surface area contributed by atoms with Crippen molar-refractivity contribution < 1.29 is 18.3 Å². The van der Waals surface area contributed by atoms with Crippen molar-refractivity contribution in [2.24, 2.45) is 0 Å². The Hall–Kier alpha value is -1.17. The fourth-order valence-corrected chi connectivity index (χ4v) is 1.69. The maximum atomic E-state index is 13.4. The molecule has 0 bridgehead atoms. The predicted molar refractivity (Wildman–Crippen MR) is 73.0 cm³/mol. The fourth-order valence-electron chi connectivity index (χ4n) is 1.35. The van der Waals surface area contributed by atoms with E-state index in [1.165, 1.54) is 6.07 Å². The number of halogens is 3. The Bertz CT molecular complexity index is 472. The van der Waals surface area contributed by atoms with Gasteiger partial charge in [0.25, 0.3) is 0 Å². The SMILES string of the molecule is CC(C)(C)OC(=O)CCNc1cc(Br)c(F)cc1F. The molecule has 6 heteroatoms. The number of carbonyl (C=O) groups excluding carboxylic acids is 1. The Morgan fingerprint density at radius 2 is 1.95 bits per heavy atom. The highest BCUT2D eigenvalue weighted by atomic mass is 79.9. The zero-order chi connectivity index (χ0) is 14.6. The molecule has 0 spiro atoms. The molecule has 0 saturated carbocycles. The minimum Gasteiger partial charge on any atom is -0.460 e. The lowest BCUT2D eigenvalue weighted by atomic mass is 10.2. The van der Waals surface area contributed by atoms with Crippen LogP contribution in [0.25, 0.3) is 0 Å². The average Bonchev–Trinajstić information content (AvgIpc) is 2.22. The first-order chi connectivity index (χ1) is 8.69. The molecule has 0 atom stereocenters. The van der Waals surface area contributed by atoms with E-state index in [1.807, 2.05) is 0 Å². The molecular formula is C13H16BrF2NO2. The molecule has 1 aromatic rings. The number of hydrogen-bond acceptors (Lipinski definition) is 3. The molecule has 0 heterocycles.